The summed E-state index contributed by atoms with van der Waals surface area (Å²) in [7, 11) is -1.62. The van der Waals surface area contributed by atoms with E-state index in [9.17, 15) is 8.42 Å². The van der Waals surface area contributed by atoms with Crippen molar-refractivity contribution in [3.8, 4) is 5.75 Å². The van der Waals surface area contributed by atoms with Crippen LogP contribution in [0.15, 0.2) is 48.5 Å². The standard InChI is InChI=1S/C20H26N2O3S/c1-17-5-3-4-6-19(17)16-26(23,24)22-13-11-21(12-14-22)15-18-7-9-20(25-2)10-8-18/h3-10H,11-16H2,1-2H3. The molecule has 0 atom stereocenters. The quantitative estimate of drug-likeness (QED) is 0.780. The average molecular weight is 375 g/mol. The largest absolute Gasteiger partial charge is 0.497 e. The van der Waals surface area contributed by atoms with Crippen LogP contribution in [0.2, 0.25) is 0 Å². The third-order valence-electron chi connectivity index (χ3n) is 4.89. The second kappa shape index (κ2) is 8.20. The van der Waals surface area contributed by atoms with E-state index in [1.807, 2.05) is 43.3 Å². The van der Waals surface area contributed by atoms with Gasteiger partial charge in [-0.15, -0.1) is 0 Å². The second-order valence-corrected chi connectivity index (χ2v) is 8.67. The number of methoxy groups -OCH3 is 1. The van der Waals surface area contributed by atoms with E-state index in [-0.39, 0.29) is 5.75 Å². The van der Waals surface area contributed by atoms with E-state index >= 15 is 0 Å². The molecule has 3 rings (SSSR count). The van der Waals surface area contributed by atoms with E-state index < -0.39 is 10.0 Å². The number of nitrogens with zero attached hydrogens (tertiary/aromatic N) is 2. The highest BCUT2D eigenvalue weighted by molar-refractivity contribution is 7.88. The van der Waals surface area contributed by atoms with Crippen LogP contribution in [0.5, 0.6) is 5.75 Å². The molecule has 1 fully saturated rings. The molecule has 6 heteroatoms. The Morgan fingerprint density at radius 3 is 2.23 bits per heavy atom. The van der Waals surface area contributed by atoms with Crippen LogP contribution in [-0.4, -0.2) is 50.9 Å². The van der Waals surface area contributed by atoms with Gasteiger partial charge in [-0.1, -0.05) is 36.4 Å². The fraction of sp³-hybridized carbons (Fsp3) is 0.400. The smallest absolute Gasteiger partial charge is 0.218 e. The van der Waals surface area contributed by atoms with Crippen molar-refractivity contribution in [1.82, 2.24) is 9.21 Å². The van der Waals surface area contributed by atoms with Gasteiger partial charge in [0.15, 0.2) is 0 Å². The Kier molecular flexibility index (Phi) is 5.96. The van der Waals surface area contributed by atoms with Crippen molar-refractivity contribution in [2.75, 3.05) is 33.3 Å². The highest BCUT2D eigenvalue weighted by Gasteiger charge is 2.27. The Morgan fingerprint density at radius 1 is 0.962 bits per heavy atom. The average Bonchev–Trinajstić information content (AvgIpc) is 2.65. The second-order valence-electron chi connectivity index (χ2n) is 6.71. The molecule has 5 nitrogen and oxygen atoms in total. The summed E-state index contributed by atoms with van der Waals surface area (Å²) < 4.78 is 32.3. The number of hydrogen-bond acceptors (Lipinski definition) is 4. The number of piperazine rings is 1. The monoisotopic (exact) mass is 374 g/mol. The summed E-state index contributed by atoms with van der Waals surface area (Å²) >= 11 is 0. The molecule has 0 aliphatic carbocycles. The third-order valence-corrected chi connectivity index (χ3v) is 6.72. The van der Waals surface area contributed by atoms with Crippen LogP contribution < -0.4 is 4.74 Å². The molecule has 1 aliphatic heterocycles. The van der Waals surface area contributed by atoms with Crippen LogP contribution in [-0.2, 0) is 22.3 Å². The lowest BCUT2D eigenvalue weighted by atomic mass is 10.1. The van der Waals surface area contributed by atoms with Gasteiger partial charge in [-0.05, 0) is 35.7 Å². The van der Waals surface area contributed by atoms with Gasteiger partial charge in [-0.25, -0.2) is 8.42 Å². The summed E-state index contributed by atoms with van der Waals surface area (Å²) in [5, 5.41) is 0. The molecule has 0 N–H and O–H groups in total. The van der Waals surface area contributed by atoms with Crippen LogP contribution in [0.1, 0.15) is 16.7 Å². The third kappa shape index (κ3) is 4.63. The van der Waals surface area contributed by atoms with Crippen molar-refractivity contribution >= 4 is 10.0 Å². The van der Waals surface area contributed by atoms with Crippen LogP contribution in [0.4, 0.5) is 0 Å². The molecule has 1 saturated heterocycles. The lowest BCUT2D eigenvalue weighted by molar-refractivity contribution is 0.181. The van der Waals surface area contributed by atoms with Crippen molar-refractivity contribution in [3.63, 3.8) is 0 Å². The minimum Gasteiger partial charge on any atom is -0.497 e. The maximum Gasteiger partial charge on any atom is 0.218 e. The summed E-state index contributed by atoms with van der Waals surface area (Å²) in [5.41, 5.74) is 3.12. The zero-order chi connectivity index (χ0) is 18.6. The van der Waals surface area contributed by atoms with Crippen LogP contribution in [0.25, 0.3) is 0 Å². The number of hydrogen-bond donors (Lipinski definition) is 0. The molecule has 140 valence electrons. The summed E-state index contributed by atoms with van der Waals surface area (Å²) in [4.78, 5) is 2.29. The number of ether oxygens (including phenoxy) is 1. The Labute approximate surface area is 156 Å². The molecule has 1 heterocycles. The first-order valence-corrected chi connectivity index (χ1v) is 10.5. The fourth-order valence-corrected chi connectivity index (χ4v) is 4.83. The van der Waals surface area contributed by atoms with E-state index in [2.05, 4.69) is 17.0 Å². The predicted octanol–water partition coefficient (Wildman–Crippen LogP) is 2.65. The van der Waals surface area contributed by atoms with E-state index in [1.54, 1.807) is 11.4 Å². The molecule has 26 heavy (non-hydrogen) atoms. The van der Waals surface area contributed by atoms with Crippen molar-refractivity contribution in [3.05, 3.63) is 65.2 Å². The number of benzene rings is 2. The van der Waals surface area contributed by atoms with Gasteiger partial charge < -0.3 is 4.74 Å². The van der Waals surface area contributed by atoms with Gasteiger partial charge in [0.2, 0.25) is 10.0 Å². The zero-order valence-electron chi connectivity index (χ0n) is 15.4. The topological polar surface area (TPSA) is 49.9 Å². The van der Waals surface area contributed by atoms with Crippen molar-refractivity contribution in [1.29, 1.82) is 0 Å². The van der Waals surface area contributed by atoms with Gasteiger partial charge in [0.05, 0.1) is 12.9 Å². The van der Waals surface area contributed by atoms with E-state index in [1.165, 1.54) is 5.56 Å². The predicted molar refractivity (Wildman–Crippen MR) is 104 cm³/mol. The summed E-state index contributed by atoms with van der Waals surface area (Å²) in [6.45, 7) is 5.38. The van der Waals surface area contributed by atoms with Gasteiger partial charge >= 0.3 is 0 Å². The van der Waals surface area contributed by atoms with Gasteiger partial charge in [0, 0.05) is 32.7 Å². The summed E-state index contributed by atoms with van der Waals surface area (Å²) in [5.74, 6) is 0.930. The zero-order valence-corrected chi connectivity index (χ0v) is 16.2. The Bertz CT molecular complexity index is 826. The van der Waals surface area contributed by atoms with Gasteiger partial charge in [-0.2, -0.15) is 4.31 Å². The van der Waals surface area contributed by atoms with E-state index in [0.717, 1.165) is 36.5 Å². The SMILES string of the molecule is COc1ccc(CN2CCN(S(=O)(=O)Cc3ccccc3C)CC2)cc1. The molecule has 1 aliphatic rings. The molecule has 0 spiro atoms. The fourth-order valence-electron chi connectivity index (χ4n) is 3.21. The molecule has 0 unspecified atom stereocenters. The normalized spacial score (nSPS) is 16.5. The molecular weight excluding hydrogens is 348 g/mol. The van der Waals surface area contributed by atoms with Gasteiger partial charge in [0.25, 0.3) is 0 Å². The van der Waals surface area contributed by atoms with E-state index in [0.29, 0.717) is 13.1 Å². The first-order chi connectivity index (χ1) is 12.5. The maximum atomic E-state index is 12.7. The van der Waals surface area contributed by atoms with Gasteiger partial charge in [-0.3, -0.25) is 4.90 Å². The van der Waals surface area contributed by atoms with Crippen LogP contribution >= 0.6 is 0 Å². The summed E-state index contributed by atoms with van der Waals surface area (Å²) in [6.07, 6.45) is 0. The highest BCUT2D eigenvalue weighted by atomic mass is 32.2. The van der Waals surface area contributed by atoms with Crippen molar-refractivity contribution in [2.45, 2.75) is 19.2 Å². The first-order valence-electron chi connectivity index (χ1n) is 8.85. The first kappa shape index (κ1) is 18.9. The molecule has 2 aromatic carbocycles. The number of sulfonamides is 1. The highest BCUT2D eigenvalue weighted by Crippen LogP contribution is 2.18. The molecule has 0 saturated carbocycles. The molecule has 0 aromatic heterocycles. The Balaban J connectivity index is 1.56. The molecule has 0 bridgehead atoms. The lowest BCUT2D eigenvalue weighted by Crippen LogP contribution is -2.48. The van der Waals surface area contributed by atoms with E-state index in [4.69, 9.17) is 4.74 Å². The maximum absolute atomic E-state index is 12.7. The Hall–Kier alpha value is -1.89. The minimum absolute atomic E-state index is 0.0815. The van der Waals surface area contributed by atoms with Crippen molar-refractivity contribution in [2.24, 2.45) is 0 Å². The number of aryl methyl sites for hydroxylation is 1. The summed E-state index contributed by atoms with van der Waals surface area (Å²) in [6, 6.07) is 15.7. The lowest BCUT2D eigenvalue weighted by Gasteiger charge is -2.34. The van der Waals surface area contributed by atoms with Crippen molar-refractivity contribution < 1.29 is 13.2 Å². The molecule has 2 aromatic rings. The van der Waals surface area contributed by atoms with Gasteiger partial charge in [0.1, 0.15) is 5.75 Å². The number of rotatable bonds is 6. The van der Waals surface area contributed by atoms with Crippen LogP contribution in [0, 0.1) is 6.92 Å². The molecule has 0 amide bonds. The minimum atomic E-state index is -3.27. The Morgan fingerprint density at radius 2 is 1.62 bits per heavy atom. The molecule has 0 radical (unpaired) electrons. The molecular formula is C20H26N2O3S. The van der Waals surface area contributed by atoms with Crippen LogP contribution in [0.3, 0.4) is 0 Å².